The van der Waals surface area contributed by atoms with E-state index in [-0.39, 0.29) is 0 Å². The zero-order chi connectivity index (χ0) is 14.4. The highest BCUT2D eigenvalue weighted by Crippen LogP contribution is 2.34. The molecular formula is C16H17ClO3. The van der Waals surface area contributed by atoms with Gasteiger partial charge in [0.2, 0.25) is 0 Å². The average molecular weight is 293 g/mol. The maximum Gasteiger partial charge on any atom is 0.318 e. The van der Waals surface area contributed by atoms with E-state index in [1.807, 2.05) is 24.3 Å². The first-order chi connectivity index (χ1) is 9.69. The van der Waals surface area contributed by atoms with Crippen LogP contribution in [-0.4, -0.2) is 23.6 Å². The number of hydrogen-bond donors (Lipinski definition) is 1. The van der Waals surface area contributed by atoms with Gasteiger partial charge < -0.3 is 9.84 Å². The maximum absolute atomic E-state index is 11.6. The van der Waals surface area contributed by atoms with E-state index >= 15 is 0 Å². The highest BCUT2D eigenvalue weighted by atomic mass is 35.5. The predicted molar refractivity (Wildman–Crippen MR) is 79.5 cm³/mol. The minimum absolute atomic E-state index is 0.464. The summed E-state index contributed by atoms with van der Waals surface area (Å²) in [6, 6.07) is 7.24. The SMILES string of the molecule is O=C(O)C1(c2ccc(OCCCCl)cc2)C=CC=CC1. The number of allylic oxidation sites excluding steroid dienone is 3. The van der Waals surface area contributed by atoms with Gasteiger partial charge >= 0.3 is 5.97 Å². The monoisotopic (exact) mass is 292 g/mol. The molecule has 1 unspecified atom stereocenters. The molecule has 1 aromatic carbocycles. The molecule has 0 saturated heterocycles. The summed E-state index contributed by atoms with van der Waals surface area (Å²) >= 11 is 5.59. The highest BCUT2D eigenvalue weighted by Gasteiger charge is 2.37. The van der Waals surface area contributed by atoms with Crippen molar-refractivity contribution in [3.05, 3.63) is 54.1 Å². The van der Waals surface area contributed by atoms with Gasteiger partial charge in [-0.15, -0.1) is 11.6 Å². The van der Waals surface area contributed by atoms with E-state index in [0.29, 0.717) is 18.9 Å². The summed E-state index contributed by atoms with van der Waals surface area (Å²) in [7, 11) is 0. The first-order valence-corrected chi connectivity index (χ1v) is 7.09. The summed E-state index contributed by atoms with van der Waals surface area (Å²) < 4.78 is 5.52. The lowest BCUT2D eigenvalue weighted by Gasteiger charge is -2.27. The van der Waals surface area contributed by atoms with E-state index in [4.69, 9.17) is 16.3 Å². The Bertz CT molecular complexity index is 519. The van der Waals surface area contributed by atoms with Gasteiger partial charge in [-0.05, 0) is 30.5 Å². The van der Waals surface area contributed by atoms with Gasteiger partial charge in [-0.25, -0.2) is 0 Å². The second-order valence-electron chi connectivity index (χ2n) is 4.68. The minimum Gasteiger partial charge on any atom is -0.494 e. The van der Waals surface area contributed by atoms with Gasteiger partial charge in [0.15, 0.2) is 0 Å². The van der Waals surface area contributed by atoms with Gasteiger partial charge in [-0.2, -0.15) is 0 Å². The lowest BCUT2D eigenvalue weighted by Crippen LogP contribution is -2.34. The molecule has 1 atom stereocenters. The first-order valence-electron chi connectivity index (χ1n) is 6.56. The molecule has 1 aliphatic rings. The zero-order valence-electron chi connectivity index (χ0n) is 11.1. The Labute approximate surface area is 123 Å². The van der Waals surface area contributed by atoms with Crippen molar-refractivity contribution in [3.63, 3.8) is 0 Å². The number of benzene rings is 1. The Balaban J connectivity index is 2.17. The zero-order valence-corrected chi connectivity index (χ0v) is 11.8. The van der Waals surface area contributed by atoms with E-state index in [1.165, 1.54) is 0 Å². The molecule has 0 heterocycles. The van der Waals surface area contributed by atoms with Gasteiger partial charge in [0.1, 0.15) is 11.2 Å². The Hall–Kier alpha value is -1.74. The van der Waals surface area contributed by atoms with Crippen LogP contribution in [-0.2, 0) is 10.2 Å². The molecule has 0 spiro atoms. The second-order valence-corrected chi connectivity index (χ2v) is 5.06. The van der Waals surface area contributed by atoms with Crippen LogP contribution in [0.4, 0.5) is 0 Å². The van der Waals surface area contributed by atoms with E-state index in [1.54, 1.807) is 24.3 Å². The first kappa shape index (κ1) is 14.7. The molecule has 1 N–H and O–H groups in total. The number of rotatable bonds is 6. The highest BCUT2D eigenvalue weighted by molar-refractivity contribution is 6.17. The van der Waals surface area contributed by atoms with Gasteiger partial charge in [0, 0.05) is 5.88 Å². The summed E-state index contributed by atoms with van der Waals surface area (Å²) in [5.74, 6) is 0.459. The van der Waals surface area contributed by atoms with Crippen LogP contribution in [0.15, 0.2) is 48.6 Å². The van der Waals surface area contributed by atoms with E-state index in [2.05, 4.69) is 0 Å². The van der Waals surface area contributed by atoms with Crippen molar-refractivity contribution < 1.29 is 14.6 Å². The van der Waals surface area contributed by atoms with Crippen LogP contribution in [0.2, 0.25) is 0 Å². The van der Waals surface area contributed by atoms with Gasteiger partial charge in [0.05, 0.1) is 6.61 Å². The molecule has 1 aliphatic carbocycles. The third-order valence-corrected chi connectivity index (χ3v) is 3.63. The quantitative estimate of drug-likeness (QED) is 0.644. The molecule has 1 aromatic rings. The number of carbonyl (C=O) groups is 1. The van der Waals surface area contributed by atoms with Crippen LogP contribution in [0.25, 0.3) is 0 Å². The van der Waals surface area contributed by atoms with Crippen molar-refractivity contribution in [1.82, 2.24) is 0 Å². The van der Waals surface area contributed by atoms with E-state index < -0.39 is 11.4 Å². The third kappa shape index (κ3) is 3.05. The number of carboxylic acid groups (broad SMARTS) is 1. The number of alkyl halides is 1. The maximum atomic E-state index is 11.6. The van der Waals surface area contributed by atoms with Crippen LogP contribution in [0, 0.1) is 0 Å². The van der Waals surface area contributed by atoms with Crippen LogP contribution >= 0.6 is 11.6 Å². The van der Waals surface area contributed by atoms with Crippen molar-refractivity contribution in [2.45, 2.75) is 18.3 Å². The summed E-state index contributed by atoms with van der Waals surface area (Å²) in [5.41, 5.74) is -0.209. The largest absolute Gasteiger partial charge is 0.494 e. The Morgan fingerprint density at radius 2 is 2.05 bits per heavy atom. The molecule has 20 heavy (non-hydrogen) atoms. The van der Waals surface area contributed by atoms with Crippen molar-refractivity contribution in [1.29, 1.82) is 0 Å². The smallest absolute Gasteiger partial charge is 0.318 e. The Morgan fingerprint density at radius 3 is 2.60 bits per heavy atom. The van der Waals surface area contributed by atoms with Crippen molar-refractivity contribution >= 4 is 17.6 Å². The molecule has 0 aliphatic heterocycles. The minimum atomic E-state index is -0.969. The summed E-state index contributed by atoms with van der Waals surface area (Å²) in [6.07, 6.45) is 8.51. The normalized spacial score (nSPS) is 20.9. The van der Waals surface area contributed by atoms with E-state index in [9.17, 15) is 9.90 Å². The molecule has 0 fully saturated rings. The fourth-order valence-corrected chi connectivity index (χ4v) is 2.32. The summed E-state index contributed by atoms with van der Waals surface area (Å²) in [4.78, 5) is 11.6. The van der Waals surface area contributed by atoms with Crippen LogP contribution < -0.4 is 4.74 Å². The molecule has 106 valence electrons. The molecule has 0 aromatic heterocycles. The van der Waals surface area contributed by atoms with Crippen molar-refractivity contribution in [2.24, 2.45) is 0 Å². The number of hydrogen-bond acceptors (Lipinski definition) is 2. The lowest BCUT2D eigenvalue weighted by atomic mass is 9.75. The third-order valence-electron chi connectivity index (χ3n) is 3.37. The van der Waals surface area contributed by atoms with Crippen LogP contribution in [0.1, 0.15) is 18.4 Å². The number of halogens is 1. The molecule has 0 amide bonds. The number of carboxylic acids is 1. The molecule has 0 bridgehead atoms. The van der Waals surface area contributed by atoms with Crippen LogP contribution in [0.3, 0.4) is 0 Å². The Morgan fingerprint density at radius 1 is 1.30 bits per heavy atom. The molecule has 0 radical (unpaired) electrons. The van der Waals surface area contributed by atoms with Crippen molar-refractivity contribution in [2.75, 3.05) is 12.5 Å². The molecule has 3 nitrogen and oxygen atoms in total. The molecular weight excluding hydrogens is 276 g/mol. The standard InChI is InChI=1S/C16H17ClO3/c17-11-4-12-20-14-7-5-13(6-8-14)16(15(18)19)9-2-1-3-10-16/h1-3,5-9H,4,10-12H2,(H,18,19). The second kappa shape index (κ2) is 6.62. The van der Waals surface area contributed by atoms with Crippen LogP contribution in [0.5, 0.6) is 5.75 Å². The fourth-order valence-electron chi connectivity index (χ4n) is 2.21. The lowest BCUT2D eigenvalue weighted by molar-refractivity contribution is -0.141. The van der Waals surface area contributed by atoms with Gasteiger partial charge in [-0.1, -0.05) is 36.4 Å². The fraction of sp³-hybridized carbons (Fsp3) is 0.312. The molecule has 0 saturated carbocycles. The Kier molecular flexibility index (Phi) is 4.85. The van der Waals surface area contributed by atoms with E-state index in [0.717, 1.165) is 17.7 Å². The number of ether oxygens (including phenoxy) is 1. The number of aliphatic carboxylic acids is 1. The van der Waals surface area contributed by atoms with Gasteiger partial charge in [-0.3, -0.25) is 4.79 Å². The molecule has 4 heteroatoms. The summed E-state index contributed by atoms with van der Waals surface area (Å²) in [6.45, 7) is 0.565. The average Bonchev–Trinajstić information content (AvgIpc) is 2.49. The predicted octanol–water partition coefficient (Wildman–Crippen LogP) is 3.53. The molecule has 2 rings (SSSR count). The van der Waals surface area contributed by atoms with Gasteiger partial charge in [0.25, 0.3) is 0 Å². The van der Waals surface area contributed by atoms with Crippen molar-refractivity contribution in [3.8, 4) is 5.75 Å². The topological polar surface area (TPSA) is 46.5 Å². The summed E-state index contributed by atoms with van der Waals surface area (Å²) in [5, 5.41) is 9.55.